The molecule has 34 heavy (non-hydrogen) atoms. The van der Waals surface area contributed by atoms with Crippen LogP contribution in [-0.2, 0) is 4.79 Å². The molecule has 0 heterocycles. The van der Waals surface area contributed by atoms with Crippen LogP contribution in [0.5, 0.6) is 0 Å². The number of fused-ring (bicyclic) bond motifs is 5. The van der Waals surface area contributed by atoms with E-state index in [-0.39, 0.29) is 28.3 Å². The van der Waals surface area contributed by atoms with Gasteiger partial charge in [-0.25, -0.2) is 0 Å². The Labute approximate surface area is 210 Å². The van der Waals surface area contributed by atoms with Gasteiger partial charge in [0, 0.05) is 0 Å². The zero-order valence-corrected chi connectivity index (χ0v) is 23.5. The average Bonchev–Trinajstić information content (AvgIpc) is 2.71. The van der Waals surface area contributed by atoms with Crippen LogP contribution in [0, 0.1) is 51.2 Å². The first-order valence-corrected chi connectivity index (χ1v) is 14.2. The second kappa shape index (κ2) is 9.56. The third-order valence-electron chi connectivity index (χ3n) is 11.9. The zero-order chi connectivity index (χ0) is 25.7. The molecule has 0 bridgehead atoms. The highest BCUT2D eigenvalue weighted by atomic mass is 16.4. The van der Waals surface area contributed by atoms with Crippen LogP contribution in [0.4, 0.5) is 0 Å². The van der Waals surface area contributed by atoms with Crippen LogP contribution in [0.15, 0.2) is 12.2 Å². The maximum atomic E-state index is 12.1. The average molecular weight is 475 g/mol. The zero-order valence-electron chi connectivity index (χ0n) is 23.5. The maximum Gasteiger partial charge on any atom is 0.306 e. The van der Waals surface area contributed by atoms with Crippen LogP contribution in [0.25, 0.3) is 0 Å². The standard InChI is InChI=1S/C27H46O3.C4H8/c1-7-8-17-18(23(29)30)11-15-26(5)19(17)9-10-21-25(4)14-13-22(28)24(2,3)20(25)12-16-27(21,26)6;1-4(2)3/h17-22,28H,7-16H2,1-6H3,(H,29,30);1H2,2-3H3/t17?,18-,19?,20?,21+,22-,25-,26+,27+;/m0./s1. The van der Waals surface area contributed by atoms with E-state index in [0.717, 1.165) is 38.5 Å². The number of carboxylic acids is 1. The van der Waals surface area contributed by atoms with Crippen LogP contribution >= 0.6 is 0 Å². The molecule has 3 unspecified atom stereocenters. The Morgan fingerprint density at radius 2 is 1.47 bits per heavy atom. The molecular weight excluding hydrogens is 420 g/mol. The molecular formula is C31H54O3. The van der Waals surface area contributed by atoms with Crippen molar-refractivity contribution < 1.29 is 15.0 Å². The second-order valence-electron chi connectivity index (χ2n) is 14.2. The molecule has 196 valence electrons. The summed E-state index contributed by atoms with van der Waals surface area (Å²) in [7, 11) is 0. The molecule has 3 heteroatoms. The lowest BCUT2D eigenvalue weighted by Crippen LogP contribution is -2.66. The minimum atomic E-state index is -0.554. The van der Waals surface area contributed by atoms with E-state index in [1.807, 2.05) is 13.8 Å². The number of carbonyl (C=O) groups is 1. The van der Waals surface area contributed by atoms with Crippen molar-refractivity contribution in [2.45, 2.75) is 126 Å². The van der Waals surface area contributed by atoms with Gasteiger partial charge in [-0.15, -0.1) is 6.58 Å². The van der Waals surface area contributed by atoms with Crippen molar-refractivity contribution in [1.29, 1.82) is 0 Å². The maximum absolute atomic E-state index is 12.1. The van der Waals surface area contributed by atoms with Crippen molar-refractivity contribution in [2.24, 2.45) is 51.2 Å². The van der Waals surface area contributed by atoms with Crippen molar-refractivity contribution in [3.8, 4) is 0 Å². The summed E-state index contributed by atoms with van der Waals surface area (Å²) in [5, 5.41) is 20.8. The predicted molar refractivity (Wildman–Crippen MR) is 142 cm³/mol. The molecule has 0 saturated heterocycles. The fraction of sp³-hybridized carbons (Fsp3) is 0.903. The number of aliphatic hydroxyl groups is 1. The highest BCUT2D eigenvalue weighted by molar-refractivity contribution is 5.70. The molecule has 0 aromatic carbocycles. The topological polar surface area (TPSA) is 57.5 Å². The number of hydrogen-bond donors (Lipinski definition) is 2. The van der Waals surface area contributed by atoms with Crippen molar-refractivity contribution in [3.63, 3.8) is 0 Å². The summed E-state index contributed by atoms with van der Waals surface area (Å²) in [6.07, 6.45) is 10.9. The Kier molecular flexibility index (Phi) is 7.81. The van der Waals surface area contributed by atoms with Gasteiger partial charge in [0.2, 0.25) is 0 Å². The lowest BCUT2D eigenvalue weighted by Gasteiger charge is -2.72. The smallest absolute Gasteiger partial charge is 0.306 e. The van der Waals surface area contributed by atoms with Crippen LogP contribution in [0.1, 0.15) is 120 Å². The van der Waals surface area contributed by atoms with Gasteiger partial charge in [-0.05, 0) is 117 Å². The molecule has 0 radical (unpaired) electrons. The first-order chi connectivity index (χ1) is 15.7. The summed E-state index contributed by atoms with van der Waals surface area (Å²) in [4.78, 5) is 12.1. The van der Waals surface area contributed by atoms with E-state index < -0.39 is 5.97 Å². The van der Waals surface area contributed by atoms with Gasteiger partial charge in [0.05, 0.1) is 12.0 Å². The Morgan fingerprint density at radius 3 is 2.03 bits per heavy atom. The van der Waals surface area contributed by atoms with Crippen molar-refractivity contribution in [2.75, 3.05) is 0 Å². The molecule has 4 rings (SSSR count). The monoisotopic (exact) mass is 474 g/mol. The summed E-state index contributed by atoms with van der Waals surface area (Å²) < 4.78 is 0. The second-order valence-corrected chi connectivity index (χ2v) is 14.2. The summed E-state index contributed by atoms with van der Waals surface area (Å²) in [6, 6.07) is 0. The molecule has 2 N–H and O–H groups in total. The van der Waals surface area contributed by atoms with E-state index in [4.69, 9.17) is 0 Å². The molecule has 4 aliphatic rings. The molecule has 9 atom stereocenters. The summed E-state index contributed by atoms with van der Waals surface area (Å²) in [5.41, 5.74) is 2.00. The molecule has 0 amide bonds. The Morgan fingerprint density at radius 1 is 0.882 bits per heavy atom. The molecule has 4 fully saturated rings. The molecule has 0 aromatic heterocycles. The molecule has 4 saturated carbocycles. The van der Waals surface area contributed by atoms with Crippen LogP contribution in [0.3, 0.4) is 0 Å². The molecule has 4 aliphatic carbocycles. The molecule has 3 nitrogen and oxygen atoms in total. The van der Waals surface area contributed by atoms with Gasteiger partial charge >= 0.3 is 5.97 Å². The van der Waals surface area contributed by atoms with Crippen LogP contribution in [0.2, 0.25) is 0 Å². The van der Waals surface area contributed by atoms with Crippen molar-refractivity contribution in [1.82, 2.24) is 0 Å². The van der Waals surface area contributed by atoms with Crippen LogP contribution < -0.4 is 0 Å². The quantitative estimate of drug-likeness (QED) is 0.406. The minimum Gasteiger partial charge on any atom is -0.481 e. The lowest BCUT2D eigenvalue weighted by atomic mass is 9.33. The normalized spacial score (nSPS) is 47.2. The lowest BCUT2D eigenvalue weighted by molar-refractivity contribution is -0.241. The number of carboxylic acid groups (broad SMARTS) is 1. The number of aliphatic carboxylic acids is 1. The Hall–Kier alpha value is -0.830. The highest BCUT2D eigenvalue weighted by Crippen LogP contribution is 2.74. The SMILES string of the molecule is C=C(C)C.CCCC1C2CC[C@@H]3[C@@]4(C)CC[C@H](O)C(C)(C)C4CC[C@@]3(C)[C@]2(C)CC[C@@H]1C(=O)O. The van der Waals surface area contributed by atoms with Gasteiger partial charge in [0.1, 0.15) is 0 Å². The Balaban J connectivity index is 0.000000751. The Bertz CT molecular complexity index is 767. The number of rotatable bonds is 3. The van der Waals surface area contributed by atoms with Crippen molar-refractivity contribution >= 4 is 5.97 Å². The van der Waals surface area contributed by atoms with Gasteiger partial charge in [-0.3, -0.25) is 4.79 Å². The van der Waals surface area contributed by atoms with E-state index in [1.54, 1.807) is 0 Å². The van der Waals surface area contributed by atoms with E-state index >= 15 is 0 Å². The fourth-order valence-corrected chi connectivity index (χ4v) is 10.1. The van der Waals surface area contributed by atoms with E-state index in [2.05, 4.69) is 48.1 Å². The summed E-state index contributed by atoms with van der Waals surface area (Å²) in [6.45, 7) is 22.0. The van der Waals surface area contributed by atoms with Gasteiger partial charge in [-0.2, -0.15) is 0 Å². The van der Waals surface area contributed by atoms with Gasteiger partial charge in [0.25, 0.3) is 0 Å². The van der Waals surface area contributed by atoms with Crippen molar-refractivity contribution in [3.05, 3.63) is 12.2 Å². The number of allylic oxidation sites excluding steroid dienone is 1. The largest absolute Gasteiger partial charge is 0.481 e. The summed E-state index contributed by atoms with van der Waals surface area (Å²) >= 11 is 0. The van der Waals surface area contributed by atoms with Gasteiger partial charge in [0.15, 0.2) is 0 Å². The van der Waals surface area contributed by atoms with E-state index in [1.165, 1.54) is 31.3 Å². The van der Waals surface area contributed by atoms with Crippen LogP contribution in [-0.4, -0.2) is 22.3 Å². The van der Waals surface area contributed by atoms with E-state index in [9.17, 15) is 15.0 Å². The first kappa shape index (κ1) is 27.8. The first-order valence-electron chi connectivity index (χ1n) is 14.2. The third-order valence-corrected chi connectivity index (χ3v) is 11.9. The third kappa shape index (κ3) is 4.20. The molecule has 0 spiro atoms. The van der Waals surface area contributed by atoms with E-state index in [0.29, 0.717) is 29.1 Å². The highest BCUT2D eigenvalue weighted by Gasteiger charge is 2.68. The number of aliphatic hydroxyl groups excluding tert-OH is 1. The predicted octanol–water partition coefficient (Wildman–Crippen LogP) is 8.12. The summed E-state index contributed by atoms with van der Waals surface area (Å²) in [5.74, 6) is 1.49. The van der Waals surface area contributed by atoms with Gasteiger partial charge < -0.3 is 10.2 Å². The molecule has 0 aliphatic heterocycles. The number of hydrogen-bond acceptors (Lipinski definition) is 2. The molecule has 0 aromatic rings. The minimum absolute atomic E-state index is 0.00219. The van der Waals surface area contributed by atoms with Gasteiger partial charge in [-0.1, -0.05) is 53.5 Å². The fourth-order valence-electron chi connectivity index (χ4n) is 10.1.